The summed E-state index contributed by atoms with van der Waals surface area (Å²) in [4.78, 5) is 10.8. The summed E-state index contributed by atoms with van der Waals surface area (Å²) in [5, 5.41) is 8.89. The van der Waals surface area contributed by atoms with Gasteiger partial charge in [-0.25, -0.2) is 0 Å². The molecule has 0 saturated heterocycles. The number of aliphatic carboxylic acids is 1. The number of hydrogen-bond donors (Lipinski definition) is 1. The molecule has 82 valence electrons. The molecule has 0 amide bonds. The molecule has 3 nitrogen and oxygen atoms in total. The maximum atomic E-state index is 10.8. The van der Waals surface area contributed by atoms with Crippen LogP contribution in [0.2, 0.25) is 0 Å². The summed E-state index contributed by atoms with van der Waals surface area (Å²) in [7, 11) is 0. The molecule has 0 fully saturated rings. The molecule has 1 aromatic rings. The lowest BCUT2D eigenvalue weighted by molar-refractivity contribution is -0.137. The van der Waals surface area contributed by atoms with Gasteiger partial charge in [-0.2, -0.15) is 0 Å². The van der Waals surface area contributed by atoms with Gasteiger partial charge < -0.3 is 9.52 Å². The van der Waals surface area contributed by atoms with Crippen LogP contribution in [-0.2, 0) is 11.2 Å². The van der Waals surface area contributed by atoms with Crippen LogP contribution in [0.25, 0.3) is 0 Å². The van der Waals surface area contributed by atoms with Crippen molar-refractivity contribution in [3.8, 4) is 0 Å². The van der Waals surface area contributed by atoms with Gasteiger partial charge in [0.25, 0.3) is 0 Å². The Morgan fingerprint density at radius 1 is 1.67 bits per heavy atom. The summed E-state index contributed by atoms with van der Waals surface area (Å²) in [6.07, 6.45) is 2.19. The topological polar surface area (TPSA) is 50.4 Å². The Labute approximate surface area is 89.1 Å². The highest BCUT2D eigenvalue weighted by molar-refractivity contribution is 5.68. The fourth-order valence-electron chi connectivity index (χ4n) is 2.46. The van der Waals surface area contributed by atoms with E-state index in [4.69, 9.17) is 9.52 Å². The molecule has 2 rings (SSSR count). The number of fused-ring (bicyclic) bond motifs is 1. The van der Waals surface area contributed by atoms with Gasteiger partial charge in [0.2, 0.25) is 0 Å². The lowest BCUT2D eigenvalue weighted by atomic mass is 9.77. The summed E-state index contributed by atoms with van der Waals surface area (Å²) in [5.74, 6) is 1.73. The third-order valence-corrected chi connectivity index (χ3v) is 3.27. The fraction of sp³-hybridized carbons (Fsp3) is 0.583. The molecule has 0 aliphatic heterocycles. The normalized spacial score (nSPS) is 24.9. The zero-order chi connectivity index (χ0) is 11.0. The number of carboxylic acids is 1. The second-order valence-electron chi connectivity index (χ2n) is 4.46. The van der Waals surface area contributed by atoms with Crippen LogP contribution in [0.15, 0.2) is 10.5 Å². The van der Waals surface area contributed by atoms with Gasteiger partial charge in [-0.1, -0.05) is 6.92 Å². The summed E-state index contributed by atoms with van der Waals surface area (Å²) < 4.78 is 5.57. The molecule has 2 unspecified atom stereocenters. The summed E-state index contributed by atoms with van der Waals surface area (Å²) in [6, 6.07) is 2.00. The van der Waals surface area contributed by atoms with Gasteiger partial charge in [-0.15, -0.1) is 0 Å². The minimum Gasteiger partial charge on any atom is -0.481 e. The molecule has 0 saturated carbocycles. The first-order chi connectivity index (χ1) is 7.08. The molecule has 2 atom stereocenters. The number of aryl methyl sites for hydroxylation is 2. The molecule has 1 aromatic heterocycles. The predicted octanol–water partition coefficient (Wildman–Crippen LogP) is 2.73. The van der Waals surface area contributed by atoms with Gasteiger partial charge in [0, 0.05) is 12.3 Å². The molecule has 0 spiro atoms. The summed E-state index contributed by atoms with van der Waals surface area (Å²) in [6.45, 7) is 4.04. The van der Waals surface area contributed by atoms with Crippen molar-refractivity contribution < 1.29 is 14.3 Å². The van der Waals surface area contributed by atoms with E-state index >= 15 is 0 Å². The van der Waals surface area contributed by atoms with E-state index in [2.05, 4.69) is 6.92 Å². The van der Waals surface area contributed by atoms with Gasteiger partial charge in [0.1, 0.15) is 11.5 Å². The third kappa shape index (κ3) is 1.91. The van der Waals surface area contributed by atoms with Crippen LogP contribution in [0.5, 0.6) is 0 Å². The first kappa shape index (κ1) is 10.3. The van der Waals surface area contributed by atoms with Gasteiger partial charge in [0.05, 0.1) is 6.42 Å². The van der Waals surface area contributed by atoms with Crippen molar-refractivity contribution >= 4 is 5.97 Å². The smallest absolute Gasteiger partial charge is 0.303 e. The molecule has 1 heterocycles. The van der Waals surface area contributed by atoms with Crippen molar-refractivity contribution in [3.63, 3.8) is 0 Å². The standard InChI is InChI=1S/C12H16O3/c1-7-3-4-11-10(5-8(2)15-11)9(7)6-12(13)14/h5,7,9H,3-4,6H2,1-2H3,(H,13,14). The predicted molar refractivity (Wildman–Crippen MR) is 55.9 cm³/mol. The third-order valence-electron chi connectivity index (χ3n) is 3.27. The number of furan rings is 1. The Hall–Kier alpha value is -1.25. The highest BCUT2D eigenvalue weighted by Crippen LogP contribution is 2.39. The monoisotopic (exact) mass is 208 g/mol. The van der Waals surface area contributed by atoms with Crippen LogP contribution in [0.3, 0.4) is 0 Å². The SMILES string of the molecule is Cc1cc2c(o1)CCC(C)C2CC(=O)O. The molecule has 1 aliphatic rings. The minimum absolute atomic E-state index is 0.128. The Morgan fingerprint density at radius 2 is 2.40 bits per heavy atom. The molecule has 0 radical (unpaired) electrons. The van der Waals surface area contributed by atoms with Crippen molar-refractivity contribution in [1.82, 2.24) is 0 Å². The number of rotatable bonds is 2. The van der Waals surface area contributed by atoms with Gasteiger partial charge >= 0.3 is 5.97 Å². The maximum Gasteiger partial charge on any atom is 0.303 e. The number of carboxylic acid groups (broad SMARTS) is 1. The zero-order valence-corrected chi connectivity index (χ0v) is 9.12. The molecule has 0 bridgehead atoms. The largest absolute Gasteiger partial charge is 0.481 e. The highest BCUT2D eigenvalue weighted by atomic mass is 16.4. The average molecular weight is 208 g/mol. The van der Waals surface area contributed by atoms with Crippen molar-refractivity contribution in [2.75, 3.05) is 0 Å². The molecular weight excluding hydrogens is 192 g/mol. The Kier molecular flexibility index (Phi) is 2.55. The number of carbonyl (C=O) groups is 1. The molecule has 3 heteroatoms. The van der Waals surface area contributed by atoms with E-state index in [0.717, 1.165) is 29.9 Å². The quantitative estimate of drug-likeness (QED) is 0.813. The van der Waals surface area contributed by atoms with E-state index in [1.165, 1.54) is 0 Å². The molecule has 15 heavy (non-hydrogen) atoms. The number of hydrogen-bond acceptors (Lipinski definition) is 2. The molecule has 1 N–H and O–H groups in total. The maximum absolute atomic E-state index is 10.8. The van der Waals surface area contributed by atoms with Crippen LogP contribution in [0.1, 0.15) is 42.8 Å². The second kappa shape index (κ2) is 3.72. The van der Waals surface area contributed by atoms with Crippen LogP contribution in [-0.4, -0.2) is 11.1 Å². The first-order valence-corrected chi connectivity index (χ1v) is 5.39. The highest BCUT2D eigenvalue weighted by Gasteiger charge is 2.30. The van der Waals surface area contributed by atoms with E-state index in [1.807, 2.05) is 13.0 Å². The van der Waals surface area contributed by atoms with Crippen LogP contribution < -0.4 is 0 Å². The van der Waals surface area contributed by atoms with E-state index in [0.29, 0.717) is 5.92 Å². The Balaban J connectivity index is 2.32. The zero-order valence-electron chi connectivity index (χ0n) is 9.12. The lowest BCUT2D eigenvalue weighted by Crippen LogP contribution is -2.19. The Morgan fingerprint density at radius 3 is 3.07 bits per heavy atom. The van der Waals surface area contributed by atoms with Crippen molar-refractivity contribution in [1.29, 1.82) is 0 Å². The van der Waals surface area contributed by atoms with Crippen molar-refractivity contribution in [3.05, 3.63) is 23.2 Å². The van der Waals surface area contributed by atoms with Crippen LogP contribution in [0.4, 0.5) is 0 Å². The molecular formula is C12H16O3. The second-order valence-corrected chi connectivity index (χ2v) is 4.46. The van der Waals surface area contributed by atoms with E-state index in [9.17, 15) is 4.79 Å². The fourth-order valence-corrected chi connectivity index (χ4v) is 2.46. The van der Waals surface area contributed by atoms with Gasteiger partial charge in [-0.05, 0) is 30.9 Å². The summed E-state index contributed by atoms with van der Waals surface area (Å²) >= 11 is 0. The molecule has 0 aromatic carbocycles. The van der Waals surface area contributed by atoms with E-state index < -0.39 is 5.97 Å². The lowest BCUT2D eigenvalue weighted by Gasteiger charge is -2.26. The minimum atomic E-state index is -0.724. The van der Waals surface area contributed by atoms with E-state index in [-0.39, 0.29) is 12.3 Å². The Bertz CT molecular complexity index is 378. The molecule has 1 aliphatic carbocycles. The van der Waals surface area contributed by atoms with Crippen molar-refractivity contribution in [2.45, 2.75) is 39.0 Å². The van der Waals surface area contributed by atoms with Gasteiger partial charge in [0.15, 0.2) is 0 Å². The average Bonchev–Trinajstić information content (AvgIpc) is 2.51. The van der Waals surface area contributed by atoms with Crippen LogP contribution in [0, 0.1) is 12.8 Å². The van der Waals surface area contributed by atoms with E-state index in [1.54, 1.807) is 0 Å². The van der Waals surface area contributed by atoms with Crippen molar-refractivity contribution in [2.24, 2.45) is 5.92 Å². The summed E-state index contributed by atoms with van der Waals surface area (Å²) in [5.41, 5.74) is 1.12. The first-order valence-electron chi connectivity index (χ1n) is 5.39. The van der Waals surface area contributed by atoms with Crippen LogP contribution >= 0.6 is 0 Å². The van der Waals surface area contributed by atoms with Gasteiger partial charge in [-0.3, -0.25) is 4.79 Å².